The third kappa shape index (κ3) is 2.64. The molecule has 3 aliphatic rings. The number of rotatable bonds is 4. The average Bonchev–Trinajstić information content (AvgIpc) is 2.97. The van der Waals surface area contributed by atoms with Crippen LogP contribution in [0.15, 0.2) is 12.1 Å². The lowest BCUT2D eigenvalue weighted by Gasteiger charge is -2.50. The Morgan fingerprint density at radius 2 is 2.17 bits per heavy atom. The lowest BCUT2D eigenvalue weighted by atomic mass is 9.65. The zero-order chi connectivity index (χ0) is 16.7. The molecule has 24 heavy (non-hydrogen) atoms. The van der Waals surface area contributed by atoms with Crippen molar-refractivity contribution in [2.45, 2.75) is 44.8 Å². The number of hydrogen-bond donors (Lipinski definition) is 1. The van der Waals surface area contributed by atoms with Crippen LogP contribution in [0.5, 0.6) is 17.2 Å². The molecular weight excluding hydrogens is 306 g/mol. The Morgan fingerprint density at radius 1 is 1.33 bits per heavy atom. The molecule has 0 radical (unpaired) electrons. The van der Waals surface area contributed by atoms with Crippen molar-refractivity contribution in [3.63, 3.8) is 0 Å². The number of likely N-dealkylation sites (tertiary alicyclic amines) is 1. The van der Waals surface area contributed by atoms with Crippen LogP contribution >= 0.6 is 0 Å². The second kappa shape index (κ2) is 6.12. The van der Waals surface area contributed by atoms with Crippen molar-refractivity contribution in [1.29, 1.82) is 0 Å². The quantitative estimate of drug-likeness (QED) is 0.918. The topological polar surface area (TPSA) is 51.2 Å². The van der Waals surface area contributed by atoms with Gasteiger partial charge in [-0.2, -0.15) is 0 Å². The second-order valence-corrected chi connectivity index (χ2v) is 7.54. The van der Waals surface area contributed by atoms with Gasteiger partial charge in [0.15, 0.2) is 11.5 Å². The summed E-state index contributed by atoms with van der Waals surface area (Å²) < 4.78 is 16.4. The molecule has 1 saturated carbocycles. The predicted octanol–water partition coefficient (Wildman–Crippen LogP) is 2.80. The second-order valence-electron chi connectivity index (χ2n) is 7.54. The fourth-order valence-electron chi connectivity index (χ4n) is 4.41. The Kier molecular flexibility index (Phi) is 4.09. The molecule has 0 unspecified atom stereocenters. The van der Waals surface area contributed by atoms with Crippen molar-refractivity contribution in [2.24, 2.45) is 11.8 Å². The van der Waals surface area contributed by atoms with Gasteiger partial charge in [0, 0.05) is 19.6 Å². The van der Waals surface area contributed by atoms with E-state index < -0.39 is 5.60 Å². The number of hydrogen-bond acceptors (Lipinski definition) is 5. The van der Waals surface area contributed by atoms with Crippen molar-refractivity contribution < 1.29 is 19.3 Å². The maximum absolute atomic E-state index is 11.1. The minimum absolute atomic E-state index is 0.254. The smallest absolute Gasteiger partial charge is 0.231 e. The summed E-state index contributed by atoms with van der Waals surface area (Å²) in [5.41, 5.74) is 0.707. The molecule has 2 fully saturated rings. The Hall–Kier alpha value is -1.46. The van der Waals surface area contributed by atoms with Crippen LogP contribution in [-0.2, 0) is 6.54 Å². The first-order valence-electron chi connectivity index (χ1n) is 9.01. The molecule has 1 saturated heterocycles. The largest absolute Gasteiger partial charge is 0.493 e. The van der Waals surface area contributed by atoms with Gasteiger partial charge >= 0.3 is 0 Å². The Labute approximate surface area is 143 Å². The van der Waals surface area contributed by atoms with E-state index in [1.54, 1.807) is 7.11 Å². The van der Waals surface area contributed by atoms with E-state index in [4.69, 9.17) is 14.2 Å². The van der Waals surface area contributed by atoms with E-state index in [2.05, 4.69) is 11.8 Å². The van der Waals surface area contributed by atoms with Crippen LogP contribution in [0.1, 0.15) is 38.2 Å². The van der Waals surface area contributed by atoms with Gasteiger partial charge in [0.2, 0.25) is 12.5 Å². The molecule has 0 amide bonds. The van der Waals surface area contributed by atoms with Crippen LogP contribution in [0.25, 0.3) is 0 Å². The fourth-order valence-corrected chi connectivity index (χ4v) is 4.41. The van der Waals surface area contributed by atoms with E-state index in [0.29, 0.717) is 17.6 Å². The minimum Gasteiger partial charge on any atom is -0.493 e. The molecule has 0 aromatic heterocycles. The van der Waals surface area contributed by atoms with Crippen molar-refractivity contribution in [3.8, 4) is 17.2 Å². The number of aliphatic hydroxyl groups is 1. The molecule has 1 aromatic rings. The van der Waals surface area contributed by atoms with E-state index in [0.717, 1.165) is 43.1 Å². The molecule has 5 heteroatoms. The van der Waals surface area contributed by atoms with Gasteiger partial charge in [-0.3, -0.25) is 4.90 Å². The molecule has 1 aliphatic carbocycles. The summed E-state index contributed by atoms with van der Waals surface area (Å²) in [6.45, 7) is 5.17. The highest BCUT2D eigenvalue weighted by atomic mass is 16.7. The highest BCUT2D eigenvalue weighted by Crippen LogP contribution is 2.45. The number of ether oxygens (including phenoxy) is 3. The van der Waals surface area contributed by atoms with E-state index in [-0.39, 0.29) is 6.79 Å². The first kappa shape index (κ1) is 16.0. The van der Waals surface area contributed by atoms with E-state index in [9.17, 15) is 5.11 Å². The Morgan fingerprint density at radius 3 is 2.83 bits per heavy atom. The van der Waals surface area contributed by atoms with E-state index in [1.165, 1.54) is 19.3 Å². The molecule has 132 valence electrons. The third-order valence-corrected chi connectivity index (χ3v) is 6.15. The summed E-state index contributed by atoms with van der Waals surface area (Å²) in [4.78, 5) is 2.43. The SMILES string of the molecule is COc1cc(CN2CC[C@@](O)(C3CCC3)[C@H](C)C2)cc2c1OCO2. The number of nitrogens with zero attached hydrogens (tertiary/aromatic N) is 1. The third-order valence-electron chi connectivity index (χ3n) is 6.15. The van der Waals surface area contributed by atoms with Gasteiger partial charge in [-0.1, -0.05) is 13.3 Å². The summed E-state index contributed by atoms with van der Waals surface area (Å²) in [6, 6.07) is 4.08. The number of fused-ring (bicyclic) bond motifs is 1. The van der Waals surface area contributed by atoms with Gasteiger partial charge in [-0.25, -0.2) is 0 Å². The molecule has 4 rings (SSSR count). The normalized spacial score (nSPS) is 30.2. The molecular formula is C19H27NO4. The molecule has 2 aliphatic heterocycles. The van der Waals surface area contributed by atoms with Gasteiger partial charge in [-0.15, -0.1) is 0 Å². The van der Waals surface area contributed by atoms with Crippen LogP contribution in [0.4, 0.5) is 0 Å². The highest BCUT2D eigenvalue weighted by molar-refractivity contribution is 5.55. The standard InChI is InChI=1S/C19H27NO4/c1-13-10-20(7-6-19(13,21)15-4-3-5-15)11-14-8-16(22-2)18-17(9-14)23-12-24-18/h8-9,13,15,21H,3-7,10-12H2,1-2H3/t13-,19+/m1/s1. The lowest BCUT2D eigenvalue weighted by Crippen LogP contribution is -2.56. The summed E-state index contributed by atoms with van der Waals surface area (Å²) in [6.07, 6.45) is 4.54. The monoisotopic (exact) mass is 333 g/mol. The van der Waals surface area contributed by atoms with Gasteiger partial charge in [0.1, 0.15) is 0 Å². The van der Waals surface area contributed by atoms with E-state index >= 15 is 0 Å². The van der Waals surface area contributed by atoms with Crippen molar-refractivity contribution in [3.05, 3.63) is 17.7 Å². The Bertz CT molecular complexity index is 616. The zero-order valence-corrected chi connectivity index (χ0v) is 14.6. The summed E-state index contributed by atoms with van der Waals surface area (Å²) in [5, 5.41) is 11.1. The van der Waals surface area contributed by atoms with E-state index in [1.807, 2.05) is 12.1 Å². The molecule has 0 bridgehead atoms. The number of piperidine rings is 1. The van der Waals surface area contributed by atoms with Crippen molar-refractivity contribution in [1.82, 2.24) is 4.90 Å². The van der Waals surface area contributed by atoms with Gasteiger partial charge in [0.25, 0.3) is 0 Å². The van der Waals surface area contributed by atoms with Crippen LogP contribution in [0.2, 0.25) is 0 Å². The minimum atomic E-state index is -0.457. The maximum Gasteiger partial charge on any atom is 0.231 e. The molecule has 2 heterocycles. The molecule has 0 spiro atoms. The van der Waals surface area contributed by atoms with Crippen LogP contribution in [-0.4, -0.2) is 42.6 Å². The zero-order valence-electron chi connectivity index (χ0n) is 14.6. The Balaban J connectivity index is 1.45. The predicted molar refractivity (Wildman–Crippen MR) is 90.5 cm³/mol. The fraction of sp³-hybridized carbons (Fsp3) is 0.684. The first-order valence-corrected chi connectivity index (χ1v) is 9.01. The molecule has 5 nitrogen and oxygen atoms in total. The van der Waals surface area contributed by atoms with Gasteiger partial charge < -0.3 is 19.3 Å². The number of methoxy groups -OCH3 is 1. The molecule has 2 atom stereocenters. The lowest BCUT2D eigenvalue weighted by molar-refractivity contribution is -0.128. The molecule has 1 aromatic carbocycles. The van der Waals surface area contributed by atoms with Crippen LogP contribution < -0.4 is 14.2 Å². The average molecular weight is 333 g/mol. The summed E-state index contributed by atoms with van der Waals surface area (Å²) >= 11 is 0. The maximum atomic E-state index is 11.1. The van der Waals surface area contributed by atoms with Crippen LogP contribution in [0, 0.1) is 11.8 Å². The van der Waals surface area contributed by atoms with Gasteiger partial charge in [0.05, 0.1) is 12.7 Å². The van der Waals surface area contributed by atoms with Crippen molar-refractivity contribution in [2.75, 3.05) is 27.0 Å². The summed E-state index contributed by atoms with van der Waals surface area (Å²) in [5.74, 6) is 3.02. The molecule has 1 N–H and O–H groups in total. The first-order chi connectivity index (χ1) is 11.6. The van der Waals surface area contributed by atoms with Gasteiger partial charge in [-0.05, 0) is 48.8 Å². The van der Waals surface area contributed by atoms with Crippen LogP contribution in [0.3, 0.4) is 0 Å². The number of benzene rings is 1. The summed E-state index contributed by atoms with van der Waals surface area (Å²) in [7, 11) is 1.66. The van der Waals surface area contributed by atoms with Crippen molar-refractivity contribution >= 4 is 0 Å². The highest BCUT2D eigenvalue weighted by Gasteiger charge is 2.46.